The van der Waals surface area contributed by atoms with E-state index in [2.05, 4.69) is 58.5 Å². The van der Waals surface area contributed by atoms with E-state index in [1.54, 1.807) is 22.7 Å². The van der Waals surface area contributed by atoms with Crippen molar-refractivity contribution < 1.29 is 20.2 Å². The average Bonchev–Trinajstić information content (AvgIpc) is 3.78. The maximum atomic E-state index is 12.9. The molecule has 0 saturated heterocycles. The number of thiazole rings is 2. The molecule has 10 aromatic rings. The van der Waals surface area contributed by atoms with Crippen LogP contribution in [0.3, 0.4) is 0 Å². The fourth-order valence-electron chi connectivity index (χ4n) is 6.52. The monoisotopic (exact) mass is 663 g/mol. The molecule has 0 bridgehead atoms. The first-order valence-corrected chi connectivity index (χ1v) is 17.3. The van der Waals surface area contributed by atoms with Crippen molar-refractivity contribution in [3.8, 4) is 32.6 Å². The van der Waals surface area contributed by atoms with Gasteiger partial charge >= 0.3 is 10.1 Å². The van der Waals surface area contributed by atoms with Crippen LogP contribution >= 0.6 is 22.7 Å². The van der Waals surface area contributed by atoms with Gasteiger partial charge in [0, 0.05) is 0 Å². The van der Waals surface area contributed by atoms with E-state index in [1.807, 2.05) is 97.1 Å². The summed E-state index contributed by atoms with van der Waals surface area (Å²) in [4.78, 5) is 6.96. The van der Waals surface area contributed by atoms with Crippen molar-refractivity contribution in [1.29, 1.82) is 0 Å². The van der Waals surface area contributed by atoms with E-state index in [-0.39, 0.29) is 21.6 Å². The third-order valence-corrected chi connectivity index (χ3v) is 11.1. The zero-order valence-corrected chi connectivity index (χ0v) is 27.8. The van der Waals surface area contributed by atoms with Gasteiger partial charge in [-0.2, -0.15) is 9.97 Å². The number of hydrogen-bond donors (Lipinski definition) is 0. The summed E-state index contributed by atoms with van der Waals surface area (Å²) < 4.78 is 2.33. The van der Waals surface area contributed by atoms with Crippen LogP contribution in [-0.4, -0.2) is 10.1 Å². The Bertz CT molecular complexity index is 2650. The van der Waals surface area contributed by atoms with Gasteiger partial charge in [-0.15, -0.1) is 0 Å². The number of aromatic amines is 2. The molecule has 228 valence electrons. The van der Waals surface area contributed by atoms with Crippen LogP contribution in [0.15, 0.2) is 146 Å². The molecule has 0 aliphatic rings. The molecule has 0 unspecified atom stereocenters. The molecule has 49 heavy (non-hydrogen) atoms. The van der Waals surface area contributed by atoms with Gasteiger partial charge < -0.3 is 10.2 Å². The SMILES string of the molecule is [Be+2].[O-]c1c(-c2[nH+]c3c(ccc4ccccc43)s2)ccc2ccccc12.[O-]c1c(-c2[nH+]c3c(ccc4ccccc43)s2)ccc2ccccc12. The first kappa shape index (κ1) is 30.7. The number of benzene rings is 8. The topological polar surface area (TPSA) is 74.4 Å². The van der Waals surface area contributed by atoms with Crippen molar-refractivity contribution in [2.75, 3.05) is 0 Å². The van der Waals surface area contributed by atoms with Crippen LogP contribution in [0, 0.1) is 0 Å². The minimum absolute atomic E-state index is 0. The molecule has 8 aromatic carbocycles. The van der Waals surface area contributed by atoms with Crippen LogP contribution in [0.5, 0.6) is 11.5 Å². The summed E-state index contributed by atoms with van der Waals surface area (Å²) in [6.45, 7) is 0. The van der Waals surface area contributed by atoms with E-state index >= 15 is 0 Å². The first-order valence-electron chi connectivity index (χ1n) is 15.7. The summed E-state index contributed by atoms with van der Waals surface area (Å²) in [5.74, 6) is 0.167. The summed E-state index contributed by atoms with van der Waals surface area (Å²) in [7, 11) is 0. The van der Waals surface area contributed by atoms with Crippen molar-refractivity contribution in [1.82, 2.24) is 0 Å². The van der Waals surface area contributed by atoms with Gasteiger partial charge in [-0.25, -0.2) is 0 Å². The van der Waals surface area contributed by atoms with Gasteiger partial charge in [0.2, 0.25) is 11.0 Å². The van der Waals surface area contributed by atoms with Gasteiger partial charge in [-0.05, 0) is 68.7 Å². The van der Waals surface area contributed by atoms with Gasteiger partial charge in [0.1, 0.15) is 9.40 Å². The van der Waals surface area contributed by atoms with Gasteiger partial charge in [0.25, 0.3) is 10.0 Å². The molecular weight excluding hydrogens is 638 g/mol. The van der Waals surface area contributed by atoms with E-state index < -0.39 is 0 Å². The minimum Gasteiger partial charge on any atom is -0.871 e. The van der Waals surface area contributed by atoms with Crippen molar-refractivity contribution in [2.45, 2.75) is 0 Å². The summed E-state index contributed by atoms with van der Waals surface area (Å²) in [6.07, 6.45) is 0. The summed E-state index contributed by atoms with van der Waals surface area (Å²) in [6, 6.07) is 48.5. The second kappa shape index (κ2) is 12.4. The standard InChI is InChI=1S/2C21H13NOS.Be/c2*23-20-16-8-4-2-6-14(16)9-11-17(20)21-22-19-15-7-3-1-5-13(15)10-12-18(19)24-21;/h2*1-12,23H;/q;;+2. The second-order valence-electron chi connectivity index (χ2n) is 11.8. The molecule has 0 amide bonds. The molecular formula is C42H26BeN2O2S2+2. The minimum atomic E-state index is 0. The molecule has 4 nitrogen and oxygen atoms in total. The normalized spacial score (nSPS) is 11.3. The van der Waals surface area contributed by atoms with E-state index in [4.69, 9.17) is 0 Å². The Hall–Kier alpha value is -5.65. The number of nitrogens with one attached hydrogen (secondary N) is 2. The van der Waals surface area contributed by atoms with Crippen LogP contribution in [0.2, 0.25) is 0 Å². The Morgan fingerprint density at radius 2 is 0.694 bits per heavy atom. The fraction of sp³-hybridized carbons (Fsp3) is 0. The van der Waals surface area contributed by atoms with Crippen molar-refractivity contribution in [3.05, 3.63) is 146 Å². The quantitative estimate of drug-likeness (QED) is 0.173. The molecule has 0 radical (unpaired) electrons. The van der Waals surface area contributed by atoms with E-state index in [1.165, 1.54) is 21.5 Å². The Morgan fingerprint density at radius 1 is 0.367 bits per heavy atom. The molecule has 0 atom stereocenters. The summed E-state index contributed by atoms with van der Waals surface area (Å²) in [5.41, 5.74) is 3.67. The van der Waals surface area contributed by atoms with Gasteiger partial charge in [0.15, 0.2) is 0 Å². The van der Waals surface area contributed by atoms with Crippen LogP contribution in [0.1, 0.15) is 0 Å². The molecule has 0 aliphatic heterocycles. The fourth-order valence-corrected chi connectivity index (χ4v) is 8.60. The zero-order valence-electron chi connectivity index (χ0n) is 26.2. The Labute approximate surface area is 293 Å². The first-order chi connectivity index (χ1) is 23.6. The molecule has 0 saturated carbocycles. The second-order valence-corrected chi connectivity index (χ2v) is 13.9. The molecule has 2 heterocycles. The molecule has 7 heteroatoms. The Morgan fingerprint density at radius 3 is 1.10 bits per heavy atom. The van der Waals surface area contributed by atoms with E-state index in [9.17, 15) is 10.2 Å². The summed E-state index contributed by atoms with van der Waals surface area (Å²) >= 11 is 3.26. The largest absolute Gasteiger partial charge is 2.00 e. The van der Waals surface area contributed by atoms with Crippen LogP contribution in [0.4, 0.5) is 0 Å². The average molecular weight is 664 g/mol. The number of rotatable bonds is 2. The molecule has 0 aliphatic carbocycles. The van der Waals surface area contributed by atoms with Gasteiger partial charge in [-0.3, -0.25) is 0 Å². The zero-order chi connectivity index (χ0) is 32.2. The number of aromatic nitrogens is 2. The van der Waals surface area contributed by atoms with Crippen molar-refractivity contribution >= 4 is 96.3 Å². The maximum Gasteiger partial charge on any atom is 2.00 e. The van der Waals surface area contributed by atoms with E-state index in [0.717, 1.165) is 63.1 Å². The smallest absolute Gasteiger partial charge is 0.871 e. The van der Waals surface area contributed by atoms with Crippen molar-refractivity contribution in [3.63, 3.8) is 0 Å². The predicted octanol–water partition coefficient (Wildman–Crippen LogP) is 9.14. The molecule has 0 spiro atoms. The Kier molecular flexibility index (Phi) is 7.77. The van der Waals surface area contributed by atoms with Crippen LogP contribution in [0.25, 0.3) is 84.7 Å². The number of hydrogen-bond acceptors (Lipinski definition) is 4. The molecule has 2 N–H and O–H groups in total. The van der Waals surface area contributed by atoms with Gasteiger partial charge in [0.05, 0.1) is 21.9 Å². The van der Waals surface area contributed by atoms with Crippen LogP contribution in [-0.2, 0) is 0 Å². The summed E-state index contributed by atoms with van der Waals surface area (Å²) in [5, 5.41) is 35.8. The number of H-pyrrole nitrogens is 2. The molecule has 2 aromatic heterocycles. The third-order valence-electron chi connectivity index (χ3n) is 8.93. The van der Waals surface area contributed by atoms with E-state index in [0.29, 0.717) is 0 Å². The maximum absolute atomic E-state index is 12.9. The van der Waals surface area contributed by atoms with Gasteiger partial charge in [-0.1, -0.05) is 143 Å². The molecule has 0 fully saturated rings. The number of fused-ring (bicyclic) bond motifs is 8. The van der Waals surface area contributed by atoms with Crippen molar-refractivity contribution in [2.24, 2.45) is 0 Å². The predicted molar refractivity (Wildman–Crippen MR) is 202 cm³/mol. The third kappa shape index (κ3) is 5.27. The molecule has 10 rings (SSSR count). The Balaban J connectivity index is 0.000000139. The van der Waals surface area contributed by atoms with Crippen LogP contribution < -0.4 is 20.2 Å².